The van der Waals surface area contributed by atoms with E-state index >= 15 is 0 Å². The zero-order valence-electron chi connectivity index (χ0n) is 10.3. The molecule has 0 radical (unpaired) electrons. The highest BCUT2D eigenvalue weighted by atomic mass is 35.5. The van der Waals surface area contributed by atoms with Crippen LogP contribution in [0.3, 0.4) is 0 Å². The van der Waals surface area contributed by atoms with Crippen LogP contribution >= 0.6 is 11.6 Å². The number of pyridine rings is 1. The van der Waals surface area contributed by atoms with Crippen molar-refractivity contribution in [3.8, 4) is 0 Å². The van der Waals surface area contributed by atoms with Crippen molar-refractivity contribution in [1.82, 2.24) is 9.29 Å². The van der Waals surface area contributed by atoms with Crippen molar-refractivity contribution in [2.45, 2.75) is 43.5 Å². The molecule has 6 heteroatoms. The van der Waals surface area contributed by atoms with Gasteiger partial charge in [-0.15, -0.1) is 0 Å². The molecule has 0 spiro atoms. The molecule has 0 aliphatic heterocycles. The number of hydrogen-bond acceptors (Lipinski definition) is 3. The van der Waals surface area contributed by atoms with Gasteiger partial charge in [0.05, 0.1) is 5.02 Å². The molecule has 0 bridgehead atoms. The second-order valence-electron chi connectivity index (χ2n) is 4.51. The summed E-state index contributed by atoms with van der Waals surface area (Å²) in [5.41, 5.74) is 0. The van der Waals surface area contributed by atoms with E-state index in [9.17, 15) is 8.42 Å². The fraction of sp³-hybridized carbons (Fsp3) is 0.583. The molecular formula is C12H17ClN2O2S. The Balaban J connectivity index is 2.30. The number of unbranched alkanes of at least 4 members (excludes halogenated alkanes) is 1. The Bertz CT molecular complexity index is 515. The smallest absolute Gasteiger partial charge is 0.246 e. The van der Waals surface area contributed by atoms with Crippen LogP contribution in [0.4, 0.5) is 0 Å². The monoisotopic (exact) mass is 288 g/mol. The van der Waals surface area contributed by atoms with Crippen LogP contribution in [0.15, 0.2) is 23.4 Å². The summed E-state index contributed by atoms with van der Waals surface area (Å²) in [7, 11) is -3.50. The highest BCUT2D eigenvalue weighted by molar-refractivity contribution is 7.89. The maximum Gasteiger partial charge on any atom is 0.246 e. The first-order valence-corrected chi connectivity index (χ1v) is 8.00. The average molecular weight is 289 g/mol. The zero-order chi connectivity index (χ0) is 13.2. The van der Waals surface area contributed by atoms with E-state index < -0.39 is 10.0 Å². The van der Waals surface area contributed by atoms with Gasteiger partial charge in [0.1, 0.15) is 4.90 Å². The van der Waals surface area contributed by atoms with Crippen LogP contribution in [-0.4, -0.2) is 30.3 Å². The molecular weight excluding hydrogens is 272 g/mol. The third-order valence-corrected chi connectivity index (χ3v) is 5.43. The van der Waals surface area contributed by atoms with Gasteiger partial charge in [0.25, 0.3) is 0 Å². The molecule has 1 fully saturated rings. The summed E-state index contributed by atoms with van der Waals surface area (Å²) in [4.78, 5) is 3.98. The van der Waals surface area contributed by atoms with E-state index in [1.54, 1.807) is 4.31 Å². The molecule has 0 saturated heterocycles. The van der Waals surface area contributed by atoms with Crippen LogP contribution in [0.5, 0.6) is 0 Å². The fourth-order valence-electron chi connectivity index (χ4n) is 1.85. The zero-order valence-corrected chi connectivity index (χ0v) is 11.9. The summed E-state index contributed by atoms with van der Waals surface area (Å²) in [6.07, 6.45) is 6.56. The number of aromatic nitrogens is 1. The molecule has 1 aromatic rings. The van der Waals surface area contributed by atoms with Gasteiger partial charge in [0.15, 0.2) is 0 Å². The second-order valence-corrected chi connectivity index (χ2v) is 6.77. The first kappa shape index (κ1) is 13.8. The molecule has 1 aromatic heterocycles. The van der Waals surface area contributed by atoms with Gasteiger partial charge in [-0.25, -0.2) is 8.42 Å². The van der Waals surface area contributed by atoms with Gasteiger partial charge in [-0.3, -0.25) is 4.98 Å². The van der Waals surface area contributed by atoms with Gasteiger partial charge in [-0.1, -0.05) is 24.9 Å². The number of halogens is 1. The molecule has 2 rings (SSSR count). The SMILES string of the molecule is CCCCN(C1CC1)S(=O)(=O)c1cnccc1Cl. The van der Waals surface area contributed by atoms with Gasteiger partial charge in [0.2, 0.25) is 10.0 Å². The highest BCUT2D eigenvalue weighted by Gasteiger charge is 2.38. The molecule has 100 valence electrons. The third kappa shape index (κ3) is 2.84. The molecule has 1 heterocycles. The van der Waals surface area contributed by atoms with Crippen LogP contribution in [0.25, 0.3) is 0 Å². The minimum Gasteiger partial charge on any atom is -0.263 e. The summed E-state index contributed by atoms with van der Waals surface area (Å²) in [5, 5.41) is 0.243. The number of hydrogen-bond donors (Lipinski definition) is 0. The van der Waals surface area contributed by atoms with E-state index in [4.69, 9.17) is 11.6 Å². The quantitative estimate of drug-likeness (QED) is 0.809. The van der Waals surface area contributed by atoms with Crippen molar-refractivity contribution < 1.29 is 8.42 Å². The molecule has 0 unspecified atom stereocenters. The standard InChI is InChI=1S/C12H17ClN2O2S/c1-2-3-8-15(10-4-5-10)18(16,17)12-9-14-7-6-11(12)13/h6-7,9-10H,2-5,8H2,1H3. The summed E-state index contributed by atoms with van der Waals surface area (Å²) in [6.45, 7) is 2.61. The average Bonchev–Trinajstić information content (AvgIpc) is 3.14. The van der Waals surface area contributed by atoms with Crippen molar-refractivity contribution in [2.24, 2.45) is 0 Å². The van der Waals surface area contributed by atoms with E-state index in [0.29, 0.717) is 6.54 Å². The Kier molecular flexibility index (Phi) is 4.25. The largest absolute Gasteiger partial charge is 0.263 e. The predicted molar refractivity (Wildman–Crippen MR) is 71.1 cm³/mol. The topological polar surface area (TPSA) is 50.3 Å². The van der Waals surface area contributed by atoms with Crippen LogP contribution in [0.1, 0.15) is 32.6 Å². The van der Waals surface area contributed by atoms with Crippen molar-refractivity contribution in [2.75, 3.05) is 6.54 Å². The van der Waals surface area contributed by atoms with E-state index in [2.05, 4.69) is 11.9 Å². The minimum atomic E-state index is -3.50. The molecule has 0 amide bonds. The summed E-state index contributed by atoms with van der Waals surface area (Å²) in [5.74, 6) is 0. The lowest BCUT2D eigenvalue weighted by Crippen LogP contribution is -2.34. The Labute approximate surface area is 113 Å². The Morgan fingerprint density at radius 1 is 1.50 bits per heavy atom. The normalized spacial score (nSPS) is 16.2. The third-order valence-electron chi connectivity index (χ3n) is 3.01. The van der Waals surface area contributed by atoms with E-state index in [1.807, 2.05) is 0 Å². The van der Waals surface area contributed by atoms with Crippen LogP contribution in [-0.2, 0) is 10.0 Å². The first-order chi connectivity index (χ1) is 8.57. The molecule has 0 aromatic carbocycles. The number of sulfonamides is 1. The van der Waals surface area contributed by atoms with E-state index in [1.165, 1.54) is 18.5 Å². The molecule has 0 atom stereocenters. The molecule has 18 heavy (non-hydrogen) atoms. The second kappa shape index (κ2) is 5.55. The lowest BCUT2D eigenvalue weighted by atomic mass is 10.3. The van der Waals surface area contributed by atoms with Gasteiger partial charge in [-0.05, 0) is 25.3 Å². The van der Waals surface area contributed by atoms with Crippen LogP contribution < -0.4 is 0 Å². The molecule has 1 aliphatic rings. The van der Waals surface area contributed by atoms with Gasteiger partial charge < -0.3 is 0 Å². The van der Waals surface area contributed by atoms with Crippen molar-refractivity contribution in [3.05, 3.63) is 23.5 Å². The number of nitrogens with zero attached hydrogens (tertiary/aromatic N) is 2. The van der Waals surface area contributed by atoms with Crippen LogP contribution in [0.2, 0.25) is 5.02 Å². The Morgan fingerprint density at radius 3 is 2.78 bits per heavy atom. The summed E-state index contributed by atoms with van der Waals surface area (Å²) < 4.78 is 26.7. The summed E-state index contributed by atoms with van der Waals surface area (Å²) >= 11 is 5.97. The Morgan fingerprint density at radius 2 is 2.22 bits per heavy atom. The van der Waals surface area contributed by atoms with Gasteiger partial charge >= 0.3 is 0 Å². The lowest BCUT2D eigenvalue weighted by Gasteiger charge is -2.21. The van der Waals surface area contributed by atoms with Crippen LogP contribution in [0, 0.1) is 0 Å². The molecule has 1 aliphatic carbocycles. The molecule has 0 N–H and O–H groups in total. The lowest BCUT2D eigenvalue weighted by molar-refractivity contribution is 0.395. The maximum atomic E-state index is 12.5. The Hall–Kier alpha value is -0.650. The van der Waals surface area contributed by atoms with E-state index in [0.717, 1.165) is 25.7 Å². The predicted octanol–water partition coefficient (Wildman–Crippen LogP) is 2.69. The minimum absolute atomic E-state index is 0.120. The first-order valence-electron chi connectivity index (χ1n) is 6.18. The highest BCUT2D eigenvalue weighted by Crippen LogP contribution is 2.34. The maximum absolute atomic E-state index is 12.5. The van der Waals surface area contributed by atoms with Gasteiger partial charge in [-0.2, -0.15) is 4.31 Å². The van der Waals surface area contributed by atoms with Crippen molar-refractivity contribution >= 4 is 21.6 Å². The van der Waals surface area contributed by atoms with Crippen molar-refractivity contribution in [3.63, 3.8) is 0 Å². The molecule has 4 nitrogen and oxygen atoms in total. The number of rotatable bonds is 6. The summed E-state index contributed by atoms with van der Waals surface area (Å²) in [6, 6.07) is 1.66. The van der Waals surface area contributed by atoms with Crippen molar-refractivity contribution in [1.29, 1.82) is 0 Å². The fourth-order valence-corrected chi connectivity index (χ4v) is 3.99. The van der Waals surface area contributed by atoms with E-state index in [-0.39, 0.29) is 16.0 Å². The molecule has 1 saturated carbocycles. The van der Waals surface area contributed by atoms with Gasteiger partial charge in [0, 0.05) is 25.0 Å².